The van der Waals surface area contributed by atoms with Crippen LogP contribution in [0.3, 0.4) is 0 Å². The van der Waals surface area contributed by atoms with Crippen LogP contribution in [0.5, 0.6) is 0 Å². The molecular formula is C16H16N2O. The fourth-order valence-electron chi connectivity index (χ4n) is 3.14. The van der Waals surface area contributed by atoms with Crippen LogP contribution >= 0.6 is 0 Å². The zero-order chi connectivity index (χ0) is 12.8. The topological polar surface area (TPSA) is 40.2 Å². The summed E-state index contributed by atoms with van der Waals surface area (Å²) in [7, 11) is 0. The summed E-state index contributed by atoms with van der Waals surface area (Å²) in [5.74, 6) is 0. The lowest BCUT2D eigenvalue weighted by Gasteiger charge is -2.13. The maximum Gasteiger partial charge on any atom is 0.0675 e. The number of fused-ring (bicyclic) bond motifs is 3. The van der Waals surface area contributed by atoms with Gasteiger partial charge in [-0.1, -0.05) is 18.2 Å². The predicted molar refractivity (Wildman–Crippen MR) is 78.3 cm³/mol. The summed E-state index contributed by atoms with van der Waals surface area (Å²) in [6.45, 7) is 1.66. The van der Waals surface area contributed by atoms with Crippen LogP contribution in [0.4, 0.5) is 5.69 Å². The highest BCUT2D eigenvalue weighted by atomic mass is 16.5. The van der Waals surface area contributed by atoms with E-state index in [1.54, 1.807) is 0 Å². The van der Waals surface area contributed by atoms with E-state index in [4.69, 9.17) is 10.5 Å². The van der Waals surface area contributed by atoms with Gasteiger partial charge in [0, 0.05) is 34.1 Å². The number of rotatable bonds is 1. The van der Waals surface area contributed by atoms with E-state index in [-0.39, 0.29) is 0 Å². The minimum absolute atomic E-state index is 0.436. The number of anilines is 1. The Morgan fingerprint density at radius 1 is 1.05 bits per heavy atom. The van der Waals surface area contributed by atoms with Crippen molar-refractivity contribution in [3.63, 3.8) is 0 Å². The maximum absolute atomic E-state index is 5.94. The van der Waals surface area contributed by atoms with E-state index in [2.05, 4.69) is 41.0 Å². The Morgan fingerprint density at radius 2 is 1.89 bits per heavy atom. The molecular weight excluding hydrogens is 236 g/mol. The average Bonchev–Trinajstić information content (AvgIpc) is 3.04. The monoisotopic (exact) mass is 252 g/mol. The molecule has 1 fully saturated rings. The van der Waals surface area contributed by atoms with Crippen LogP contribution in [0, 0.1) is 0 Å². The molecule has 3 aromatic rings. The Balaban J connectivity index is 2.12. The molecule has 1 aromatic heterocycles. The van der Waals surface area contributed by atoms with Gasteiger partial charge in [-0.2, -0.15) is 0 Å². The first-order valence-corrected chi connectivity index (χ1v) is 6.70. The summed E-state index contributed by atoms with van der Waals surface area (Å²) in [6.07, 6.45) is 1.08. The van der Waals surface area contributed by atoms with Gasteiger partial charge in [-0.3, -0.25) is 0 Å². The highest BCUT2D eigenvalue weighted by Crippen LogP contribution is 2.35. The molecule has 0 spiro atoms. The Hall–Kier alpha value is -2.00. The third kappa shape index (κ3) is 1.55. The summed E-state index contributed by atoms with van der Waals surface area (Å²) < 4.78 is 7.97. The number of nitrogens with two attached hydrogens (primary N) is 1. The molecule has 3 nitrogen and oxygen atoms in total. The number of para-hydroxylation sites is 1. The van der Waals surface area contributed by atoms with Crippen molar-refractivity contribution in [2.75, 3.05) is 18.9 Å². The molecule has 1 unspecified atom stereocenters. The van der Waals surface area contributed by atoms with Gasteiger partial charge in [-0.15, -0.1) is 0 Å². The first-order chi connectivity index (χ1) is 9.34. The van der Waals surface area contributed by atoms with E-state index >= 15 is 0 Å². The Morgan fingerprint density at radius 3 is 2.74 bits per heavy atom. The van der Waals surface area contributed by atoms with E-state index in [1.165, 1.54) is 21.8 Å². The smallest absolute Gasteiger partial charge is 0.0675 e. The zero-order valence-electron chi connectivity index (χ0n) is 10.7. The zero-order valence-corrected chi connectivity index (χ0v) is 10.7. The van der Waals surface area contributed by atoms with Crippen molar-refractivity contribution < 1.29 is 4.74 Å². The molecule has 1 aliphatic rings. The number of hydrogen-bond donors (Lipinski definition) is 1. The van der Waals surface area contributed by atoms with Crippen molar-refractivity contribution >= 4 is 27.5 Å². The molecule has 0 bridgehead atoms. The lowest BCUT2D eigenvalue weighted by atomic mass is 10.1. The van der Waals surface area contributed by atoms with Gasteiger partial charge in [0.25, 0.3) is 0 Å². The van der Waals surface area contributed by atoms with Crippen LogP contribution in [-0.2, 0) is 4.74 Å². The van der Waals surface area contributed by atoms with Crippen molar-refractivity contribution in [2.24, 2.45) is 0 Å². The van der Waals surface area contributed by atoms with Crippen molar-refractivity contribution in [3.05, 3.63) is 42.5 Å². The highest BCUT2D eigenvalue weighted by molar-refractivity contribution is 6.09. The number of ether oxygens (including phenoxy) is 1. The van der Waals surface area contributed by atoms with Crippen LogP contribution in [0.2, 0.25) is 0 Å². The first kappa shape index (κ1) is 10.9. The SMILES string of the molecule is Nc1ccc2c(c1)c1ccccc1n2C1CCOC1. The maximum atomic E-state index is 5.94. The molecule has 96 valence electrons. The normalized spacial score (nSPS) is 19.5. The van der Waals surface area contributed by atoms with E-state index in [0.29, 0.717) is 6.04 Å². The summed E-state index contributed by atoms with van der Waals surface area (Å²) in [6, 6.07) is 15.1. The molecule has 0 radical (unpaired) electrons. The minimum Gasteiger partial charge on any atom is -0.399 e. The van der Waals surface area contributed by atoms with Gasteiger partial charge in [-0.05, 0) is 30.7 Å². The van der Waals surface area contributed by atoms with Crippen LogP contribution in [0.25, 0.3) is 21.8 Å². The lowest BCUT2D eigenvalue weighted by molar-refractivity contribution is 0.188. The molecule has 0 saturated carbocycles. The van der Waals surface area contributed by atoms with Gasteiger partial charge in [0.15, 0.2) is 0 Å². The third-order valence-corrected chi connectivity index (χ3v) is 4.00. The lowest BCUT2D eigenvalue weighted by Crippen LogP contribution is -2.07. The van der Waals surface area contributed by atoms with Crippen molar-refractivity contribution in [1.29, 1.82) is 0 Å². The Bertz CT molecular complexity index is 754. The second kappa shape index (κ2) is 4.00. The molecule has 0 aliphatic carbocycles. The molecule has 1 atom stereocenters. The molecule has 1 aliphatic heterocycles. The number of benzene rings is 2. The van der Waals surface area contributed by atoms with Gasteiger partial charge in [0.05, 0.1) is 12.6 Å². The van der Waals surface area contributed by atoms with E-state index in [1.807, 2.05) is 6.07 Å². The van der Waals surface area contributed by atoms with Crippen LogP contribution in [0.15, 0.2) is 42.5 Å². The van der Waals surface area contributed by atoms with Crippen molar-refractivity contribution in [3.8, 4) is 0 Å². The molecule has 3 heteroatoms. The number of aromatic nitrogens is 1. The minimum atomic E-state index is 0.436. The number of nitrogens with zero attached hydrogens (tertiary/aromatic N) is 1. The van der Waals surface area contributed by atoms with E-state index in [0.717, 1.165) is 25.3 Å². The summed E-state index contributed by atoms with van der Waals surface area (Å²) in [5, 5.41) is 2.51. The van der Waals surface area contributed by atoms with Gasteiger partial charge >= 0.3 is 0 Å². The molecule has 1 saturated heterocycles. The number of nitrogen functional groups attached to an aromatic ring is 1. The van der Waals surface area contributed by atoms with Crippen molar-refractivity contribution in [1.82, 2.24) is 4.57 Å². The van der Waals surface area contributed by atoms with E-state index in [9.17, 15) is 0 Å². The quantitative estimate of drug-likeness (QED) is 0.675. The number of hydrogen-bond acceptors (Lipinski definition) is 2. The Kier molecular flexibility index (Phi) is 2.29. The fourth-order valence-corrected chi connectivity index (χ4v) is 3.14. The second-order valence-corrected chi connectivity index (χ2v) is 5.18. The molecule has 2 aromatic carbocycles. The van der Waals surface area contributed by atoms with Gasteiger partial charge in [-0.25, -0.2) is 0 Å². The van der Waals surface area contributed by atoms with Crippen LogP contribution in [0.1, 0.15) is 12.5 Å². The Labute approximate surface area is 111 Å². The molecule has 2 N–H and O–H groups in total. The standard InChI is InChI=1S/C16H16N2O/c17-11-5-6-16-14(9-11)13-3-1-2-4-15(13)18(16)12-7-8-19-10-12/h1-6,9,12H,7-8,10,17H2. The first-order valence-electron chi connectivity index (χ1n) is 6.70. The third-order valence-electron chi connectivity index (χ3n) is 4.00. The average molecular weight is 252 g/mol. The van der Waals surface area contributed by atoms with Gasteiger partial charge < -0.3 is 15.0 Å². The van der Waals surface area contributed by atoms with E-state index < -0.39 is 0 Å². The predicted octanol–water partition coefficient (Wildman–Crippen LogP) is 3.34. The van der Waals surface area contributed by atoms with Gasteiger partial charge in [0.2, 0.25) is 0 Å². The summed E-state index contributed by atoms with van der Waals surface area (Å²) in [4.78, 5) is 0. The second-order valence-electron chi connectivity index (χ2n) is 5.18. The van der Waals surface area contributed by atoms with Gasteiger partial charge in [0.1, 0.15) is 0 Å². The largest absolute Gasteiger partial charge is 0.399 e. The van der Waals surface area contributed by atoms with Crippen LogP contribution in [-0.4, -0.2) is 17.8 Å². The summed E-state index contributed by atoms with van der Waals surface area (Å²) >= 11 is 0. The molecule has 2 heterocycles. The fraction of sp³-hybridized carbons (Fsp3) is 0.250. The highest BCUT2D eigenvalue weighted by Gasteiger charge is 2.22. The van der Waals surface area contributed by atoms with Crippen molar-refractivity contribution in [2.45, 2.75) is 12.5 Å². The molecule has 19 heavy (non-hydrogen) atoms. The van der Waals surface area contributed by atoms with Crippen LogP contribution < -0.4 is 5.73 Å². The molecule has 0 amide bonds. The molecule has 4 rings (SSSR count). The summed E-state index contributed by atoms with van der Waals surface area (Å²) in [5.41, 5.74) is 9.29.